The van der Waals surface area contributed by atoms with E-state index in [9.17, 15) is 18.0 Å². The monoisotopic (exact) mass is 288 g/mol. The SMILES string of the molecule is CCCCC(=O)N1CCN(CC(F)(F)F)CC1.Cl. The second kappa shape index (κ2) is 7.84. The Kier molecular flexibility index (Phi) is 7.62. The zero-order chi connectivity index (χ0) is 12.9. The molecule has 1 saturated heterocycles. The number of unbranched alkanes of at least 4 members (excludes halogenated alkanes) is 1. The molecule has 0 aromatic rings. The van der Waals surface area contributed by atoms with Crippen LogP contribution in [0.3, 0.4) is 0 Å². The van der Waals surface area contributed by atoms with Gasteiger partial charge < -0.3 is 4.90 Å². The molecule has 0 aromatic heterocycles. The highest BCUT2D eigenvalue weighted by Gasteiger charge is 2.32. The number of nitrogens with zero attached hydrogens (tertiary/aromatic N) is 2. The Labute approximate surface area is 112 Å². The van der Waals surface area contributed by atoms with Crippen molar-refractivity contribution in [1.29, 1.82) is 0 Å². The van der Waals surface area contributed by atoms with Crippen LogP contribution in [0.1, 0.15) is 26.2 Å². The Balaban J connectivity index is 0.00000289. The van der Waals surface area contributed by atoms with Crippen molar-refractivity contribution in [3.05, 3.63) is 0 Å². The van der Waals surface area contributed by atoms with Crippen LogP contribution in [-0.2, 0) is 4.79 Å². The number of rotatable bonds is 4. The number of halogens is 4. The van der Waals surface area contributed by atoms with E-state index in [0.29, 0.717) is 32.6 Å². The van der Waals surface area contributed by atoms with Crippen LogP contribution in [0.15, 0.2) is 0 Å². The summed E-state index contributed by atoms with van der Waals surface area (Å²) < 4.78 is 36.4. The third kappa shape index (κ3) is 6.44. The standard InChI is InChI=1S/C11H19F3N2O.ClH/c1-2-3-4-10(17)16-7-5-15(6-8-16)9-11(12,13)14;/h2-9H2,1H3;1H. The van der Waals surface area contributed by atoms with E-state index >= 15 is 0 Å². The van der Waals surface area contributed by atoms with Gasteiger partial charge in [-0.3, -0.25) is 9.69 Å². The predicted octanol–water partition coefficient (Wildman–Crippen LogP) is 2.30. The summed E-state index contributed by atoms with van der Waals surface area (Å²) in [7, 11) is 0. The quantitative estimate of drug-likeness (QED) is 0.792. The van der Waals surface area contributed by atoms with E-state index in [0.717, 1.165) is 12.8 Å². The fraction of sp³-hybridized carbons (Fsp3) is 0.909. The highest BCUT2D eigenvalue weighted by molar-refractivity contribution is 5.85. The summed E-state index contributed by atoms with van der Waals surface area (Å²) in [6.45, 7) is 2.60. The number of carbonyl (C=O) groups is 1. The predicted molar refractivity (Wildman–Crippen MR) is 65.8 cm³/mol. The Bertz CT molecular complexity index is 253. The Morgan fingerprint density at radius 3 is 2.17 bits per heavy atom. The molecule has 0 bridgehead atoms. The molecular weight excluding hydrogens is 269 g/mol. The molecule has 0 atom stereocenters. The van der Waals surface area contributed by atoms with Crippen molar-refractivity contribution in [1.82, 2.24) is 9.80 Å². The van der Waals surface area contributed by atoms with Crippen molar-refractivity contribution in [3.8, 4) is 0 Å². The van der Waals surface area contributed by atoms with Crippen molar-refractivity contribution in [3.63, 3.8) is 0 Å². The molecule has 1 aliphatic heterocycles. The van der Waals surface area contributed by atoms with Gasteiger partial charge in [-0.25, -0.2) is 0 Å². The van der Waals surface area contributed by atoms with Gasteiger partial charge in [0.05, 0.1) is 6.54 Å². The van der Waals surface area contributed by atoms with Crippen LogP contribution < -0.4 is 0 Å². The molecule has 0 N–H and O–H groups in total. The minimum absolute atomic E-state index is 0. The van der Waals surface area contributed by atoms with Gasteiger partial charge in [-0.05, 0) is 6.42 Å². The molecule has 1 rings (SSSR count). The van der Waals surface area contributed by atoms with Crippen LogP contribution in [-0.4, -0.2) is 54.6 Å². The van der Waals surface area contributed by atoms with Gasteiger partial charge in [0.25, 0.3) is 0 Å². The second-order valence-corrected chi connectivity index (χ2v) is 4.38. The zero-order valence-corrected chi connectivity index (χ0v) is 11.3. The first-order chi connectivity index (χ1) is 7.92. The molecule has 1 fully saturated rings. The van der Waals surface area contributed by atoms with Crippen molar-refractivity contribution >= 4 is 18.3 Å². The maximum Gasteiger partial charge on any atom is 0.401 e. The molecule has 7 heteroatoms. The van der Waals surface area contributed by atoms with Gasteiger partial charge in [0.1, 0.15) is 0 Å². The van der Waals surface area contributed by atoms with Crippen LogP contribution in [0.2, 0.25) is 0 Å². The van der Waals surface area contributed by atoms with Gasteiger partial charge in [-0.2, -0.15) is 13.2 Å². The number of hydrogen-bond acceptors (Lipinski definition) is 2. The minimum Gasteiger partial charge on any atom is -0.340 e. The van der Waals surface area contributed by atoms with Crippen molar-refractivity contribution in [2.75, 3.05) is 32.7 Å². The first-order valence-electron chi connectivity index (χ1n) is 5.99. The Morgan fingerprint density at radius 1 is 1.17 bits per heavy atom. The summed E-state index contributed by atoms with van der Waals surface area (Å²) in [5.74, 6) is 0.0681. The molecule has 0 saturated carbocycles. The molecule has 0 aromatic carbocycles. The van der Waals surface area contributed by atoms with E-state index in [4.69, 9.17) is 0 Å². The van der Waals surface area contributed by atoms with E-state index in [-0.39, 0.29) is 18.3 Å². The molecule has 0 aliphatic carbocycles. The summed E-state index contributed by atoms with van der Waals surface area (Å²) >= 11 is 0. The van der Waals surface area contributed by atoms with Gasteiger partial charge >= 0.3 is 6.18 Å². The molecule has 0 spiro atoms. The highest BCUT2D eigenvalue weighted by atomic mass is 35.5. The maximum absolute atomic E-state index is 12.1. The first-order valence-corrected chi connectivity index (χ1v) is 5.99. The summed E-state index contributed by atoms with van der Waals surface area (Å²) in [6, 6.07) is 0. The smallest absolute Gasteiger partial charge is 0.340 e. The molecule has 3 nitrogen and oxygen atoms in total. The van der Waals surface area contributed by atoms with Crippen molar-refractivity contribution in [2.24, 2.45) is 0 Å². The lowest BCUT2D eigenvalue weighted by atomic mass is 10.2. The summed E-state index contributed by atoms with van der Waals surface area (Å²) in [4.78, 5) is 14.7. The van der Waals surface area contributed by atoms with Crippen LogP contribution in [0.25, 0.3) is 0 Å². The maximum atomic E-state index is 12.1. The number of hydrogen-bond donors (Lipinski definition) is 0. The number of amides is 1. The van der Waals surface area contributed by atoms with Gasteiger partial charge in [0.15, 0.2) is 0 Å². The van der Waals surface area contributed by atoms with E-state index in [1.165, 1.54) is 4.90 Å². The number of carbonyl (C=O) groups excluding carboxylic acids is 1. The van der Waals surface area contributed by atoms with Crippen LogP contribution in [0, 0.1) is 0 Å². The number of piperazine rings is 1. The molecular formula is C11H20ClF3N2O. The van der Waals surface area contributed by atoms with Gasteiger partial charge in [0, 0.05) is 32.6 Å². The highest BCUT2D eigenvalue weighted by Crippen LogP contribution is 2.17. The third-order valence-electron chi connectivity index (χ3n) is 2.87. The van der Waals surface area contributed by atoms with Crippen LogP contribution >= 0.6 is 12.4 Å². The topological polar surface area (TPSA) is 23.6 Å². The fourth-order valence-corrected chi connectivity index (χ4v) is 1.90. The Hall–Kier alpha value is -0.490. The van der Waals surface area contributed by atoms with E-state index < -0.39 is 12.7 Å². The third-order valence-corrected chi connectivity index (χ3v) is 2.87. The molecule has 1 amide bonds. The lowest BCUT2D eigenvalue weighted by molar-refractivity contribution is -0.151. The summed E-state index contributed by atoms with van der Waals surface area (Å²) in [6.07, 6.45) is -1.83. The van der Waals surface area contributed by atoms with Crippen molar-refractivity contribution < 1.29 is 18.0 Å². The average Bonchev–Trinajstić information content (AvgIpc) is 2.24. The summed E-state index contributed by atoms with van der Waals surface area (Å²) in [5.41, 5.74) is 0. The van der Waals surface area contributed by atoms with E-state index in [2.05, 4.69) is 0 Å². The number of alkyl halides is 3. The molecule has 1 aliphatic rings. The van der Waals surface area contributed by atoms with E-state index in [1.807, 2.05) is 6.92 Å². The zero-order valence-electron chi connectivity index (χ0n) is 10.5. The second-order valence-electron chi connectivity index (χ2n) is 4.38. The minimum atomic E-state index is -4.14. The normalized spacial score (nSPS) is 17.4. The lowest BCUT2D eigenvalue weighted by Crippen LogP contribution is -2.50. The van der Waals surface area contributed by atoms with Gasteiger partial charge in [-0.15, -0.1) is 12.4 Å². The Morgan fingerprint density at radius 2 is 1.72 bits per heavy atom. The van der Waals surface area contributed by atoms with Gasteiger partial charge in [-0.1, -0.05) is 13.3 Å². The van der Waals surface area contributed by atoms with Crippen LogP contribution in [0.4, 0.5) is 13.2 Å². The fourth-order valence-electron chi connectivity index (χ4n) is 1.90. The molecule has 0 radical (unpaired) electrons. The molecule has 18 heavy (non-hydrogen) atoms. The van der Waals surface area contributed by atoms with E-state index in [1.54, 1.807) is 4.90 Å². The summed E-state index contributed by atoms with van der Waals surface area (Å²) in [5, 5.41) is 0. The van der Waals surface area contributed by atoms with Crippen LogP contribution in [0.5, 0.6) is 0 Å². The largest absolute Gasteiger partial charge is 0.401 e. The molecule has 0 unspecified atom stereocenters. The molecule has 1 heterocycles. The van der Waals surface area contributed by atoms with Gasteiger partial charge in [0.2, 0.25) is 5.91 Å². The molecule has 108 valence electrons. The average molecular weight is 289 g/mol. The van der Waals surface area contributed by atoms with Crippen molar-refractivity contribution in [2.45, 2.75) is 32.4 Å². The first kappa shape index (κ1) is 17.5. The lowest BCUT2D eigenvalue weighted by Gasteiger charge is -2.35.